The zero-order valence-electron chi connectivity index (χ0n) is 12.4. The molecule has 1 aromatic heterocycles. The van der Waals surface area contributed by atoms with Crippen LogP contribution < -0.4 is 5.32 Å². The Bertz CT molecular complexity index is 641. The number of esters is 1. The summed E-state index contributed by atoms with van der Waals surface area (Å²) in [5.74, 6) is -1.04. The van der Waals surface area contributed by atoms with Crippen molar-refractivity contribution in [3.63, 3.8) is 0 Å². The number of ether oxygens (including phenoxy) is 1. The van der Waals surface area contributed by atoms with Crippen molar-refractivity contribution >= 4 is 11.9 Å². The van der Waals surface area contributed by atoms with Crippen LogP contribution >= 0.6 is 0 Å². The number of aromatic nitrogens is 2. The maximum absolute atomic E-state index is 11.9. The van der Waals surface area contributed by atoms with Crippen molar-refractivity contribution in [2.24, 2.45) is 0 Å². The molecule has 1 N–H and O–H groups in total. The number of nitrogens with zero attached hydrogens (tertiary/aromatic N) is 2. The minimum atomic E-state index is -0.903. The third kappa shape index (κ3) is 4.37. The number of benzene rings is 1. The topological polar surface area (TPSA) is 81.2 Å². The fourth-order valence-electron chi connectivity index (χ4n) is 1.70. The van der Waals surface area contributed by atoms with E-state index in [1.54, 1.807) is 6.92 Å². The van der Waals surface area contributed by atoms with Gasteiger partial charge in [0.25, 0.3) is 5.91 Å². The van der Waals surface area contributed by atoms with E-state index in [9.17, 15) is 9.59 Å². The molecule has 0 saturated heterocycles. The lowest BCUT2D eigenvalue weighted by Gasteiger charge is -2.13. The first kappa shape index (κ1) is 15.6. The highest BCUT2D eigenvalue weighted by atomic mass is 16.5. The molecule has 0 fully saturated rings. The summed E-state index contributed by atoms with van der Waals surface area (Å²) in [7, 11) is 0. The largest absolute Gasteiger partial charge is 0.448 e. The van der Waals surface area contributed by atoms with Crippen molar-refractivity contribution in [2.75, 3.05) is 0 Å². The van der Waals surface area contributed by atoms with Crippen LogP contribution in [0.5, 0.6) is 0 Å². The molecule has 6 nitrogen and oxygen atoms in total. The van der Waals surface area contributed by atoms with E-state index in [1.165, 1.54) is 19.3 Å². The summed E-state index contributed by atoms with van der Waals surface area (Å²) in [6, 6.07) is 9.48. The van der Waals surface area contributed by atoms with Crippen LogP contribution in [-0.2, 0) is 16.1 Å². The molecule has 0 bridgehead atoms. The van der Waals surface area contributed by atoms with E-state index in [1.807, 2.05) is 30.3 Å². The number of hydrogen-bond acceptors (Lipinski definition) is 5. The second kappa shape index (κ2) is 7.31. The van der Waals surface area contributed by atoms with Crippen LogP contribution in [-0.4, -0.2) is 27.9 Å². The second-order valence-electron chi connectivity index (χ2n) is 4.79. The molecule has 114 valence electrons. The Morgan fingerprint density at radius 3 is 2.55 bits per heavy atom. The van der Waals surface area contributed by atoms with Crippen molar-refractivity contribution in [2.45, 2.75) is 26.5 Å². The third-order valence-electron chi connectivity index (χ3n) is 2.95. The zero-order valence-corrected chi connectivity index (χ0v) is 12.4. The summed E-state index contributed by atoms with van der Waals surface area (Å²) in [4.78, 5) is 31.6. The monoisotopic (exact) mass is 299 g/mol. The quantitative estimate of drug-likeness (QED) is 0.849. The molecule has 0 aliphatic heterocycles. The SMILES string of the molecule is Cc1cnc(C(=O)O[C@H](C)C(=O)NCc2ccccc2)cn1. The van der Waals surface area contributed by atoms with E-state index in [0.29, 0.717) is 12.2 Å². The van der Waals surface area contributed by atoms with Gasteiger partial charge in [0.15, 0.2) is 11.8 Å². The molecule has 0 spiro atoms. The summed E-state index contributed by atoms with van der Waals surface area (Å²) in [5.41, 5.74) is 1.75. The number of nitrogens with one attached hydrogen (secondary N) is 1. The fourth-order valence-corrected chi connectivity index (χ4v) is 1.70. The minimum Gasteiger partial charge on any atom is -0.448 e. The number of rotatable bonds is 5. The van der Waals surface area contributed by atoms with E-state index >= 15 is 0 Å². The zero-order chi connectivity index (χ0) is 15.9. The molecule has 22 heavy (non-hydrogen) atoms. The molecule has 6 heteroatoms. The lowest BCUT2D eigenvalue weighted by molar-refractivity contribution is -0.129. The standard InChI is InChI=1S/C16H17N3O3/c1-11-8-18-14(10-17-11)16(21)22-12(2)15(20)19-9-13-6-4-3-5-7-13/h3-8,10,12H,9H2,1-2H3,(H,19,20)/t12-/m1/s1. The molecule has 1 heterocycles. The number of amides is 1. The molecule has 0 unspecified atom stereocenters. The van der Waals surface area contributed by atoms with Gasteiger partial charge >= 0.3 is 5.97 Å². The molecule has 1 atom stereocenters. The molecule has 0 aliphatic carbocycles. The predicted molar refractivity (Wildman–Crippen MR) is 79.9 cm³/mol. The van der Waals surface area contributed by atoms with Crippen LogP contribution in [0.25, 0.3) is 0 Å². The third-order valence-corrected chi connectivity index (χ3v) is 2.95. The van der Waals surface area contributed by atoms with E-state index < -0.39 is 12.1 Å². The van der Waals surface area contributed by atoms with Crippen LogP contribution in [0.3, 0.4) is 0 Å². The Balaban J connectivity index is 1.85. The van der Waals surface area contributed by atoms with Crippen molar-refractivity contribution in [3.05, 3.63) is 59.7 Å². The van der Waals surface area contributed by atoms with Gasteiger partial charge in [-0.3, -0.25) is 9.78 Å². The number of aryl methyl sites for hydroxylation is 1. The fraction of sp³-hybridized carbons (Fsp3) is 0.250. The summed E-state index contributed by atoms with van der Waals surface area (Å²) in [5, 5.41) is 2.71. The number of hydrogen-bond donors (Lipinski definition) is 1. The Morgan fingerprint density at radius 1 is 1.18 bits per heavy atom. The summed E-state index contributed by atoms with van der Waals surface area (Å²) >= 11 is 0. The van der Waals surface area contributed by atoms with E-state index in [0.717, 1.165) is 5.56 Å². The minimum absolute atomic E-state index is 0.0771. The second-order valence-corrected chi connectivity index (χ2v) is 4.79. The van der Waals surface area contributed by atoms with Gasteiger partial charge in [-0.1, -0.05) is 30.3 Å². The van der Waals surface area contributed by atoms with E-state index in [2.05, 4.69) is 15.3 Å². The first-order valence-corrected chi connectivity index (χ1v) is 6.87. The maximum Gasteiger partial charge on any atom is 0.359 e. The lowest BCUT2D eigenvalue weighted by Crippen LogP contribution is -2.35. The van der Waals surface area contributed by atoms with Gasteiger partial charge in [-0.15, -0.1) is 0 Å². The molecule has 1 amide bonds. The molecular weight excluding hydrogens is 282 g/mol. The van der Waals surface area contributed by atoms with Crippen molar-refractivity contribution in [1.82, 2.24) is 15.3 Å². The summed E-state index contributed by atoms with van der Waals surface area (Å²) in [6.07, 6.45) is 1.89. The molecule has 2 rings (SSSR count). The van der Waals surface area contributed by atoms with E-state index in [-0.39, 0.29) is 11.6 Å². The average molecular weight is 299 g/mol. The smallest absolute Gasteiger partial charge is 0.359 e. The van der Waals surface area contributed by atoms with Gasteiger partial charge in [0.1, 0.15) is 0 Å². The Hall–Kier alpha value is -2.76. The van der Waals surface area contributed by atoms with Crippen LogP contribution in [0.15, 0.2) is 42.7 Å². The maximum atomic E-state index is 11.9. The number of carbonyl (C=O) groups excluding carboxylic acids is 2. The molecule has 0 radical (unpaired) electrons. The Morgan fingerprint density at radius 2 is 1.91 bits per heavy atom. The van der Waals surface area contributed by atoms with Gasteiger partial charge in [0.2, 0.25) is 0 Å². The van der Waals surface area contributed by atoms with E-state index in [4.69, 9.17) is 4.74 Å². The highest BCUT2D eigenvalue weighted by molar-refractivity contribution is 5.90. The average Bonchev–Trinajstić information content (AvgIpc) is 2.54. The highest BCUT2D eigenvalue weighted by Gasteiger charge is 2.19. The lowest BCUT2D eigenvalue weighted by atomic mass is 10.2. The van der Waals surface area contributed by atoms with Gasteiger partial charge in [0, 0.05) is 12.7 Å². The first-order chi connectivity index (χ1) is 10.6. The Kier molecular flexibility index (Phi) is 5.19. The molecule has 1 aromatic carbocycles. The molecular formula is C16H17N3O3. The first-order valence-electron chi connectivity index (χ1n) is 6.87. The normalized spacial score (nSPS) is 11.5. The van der Waals surface area contributed by atoms with Gasteiger partial charge in [0.05, 0.1) is 11.9 Å². The van der Waals surface area contributed by atoms with Crippen molar-refractivity contribution in [3.8, 4) is 0 Å². The predicted octanol–water partition coefficient (Wildman–Crippen LogP) is 1.65. The molecule has 0 saturated carbocycles. The molecule has 0 aliphatic rings. The van der Waals surface area contributed by atoms with Crippen LogP contribution in [0.4, 0.5) is 0 Å². The van der Waals surface area contributed by atoms with Gasteiger partial charge in [-0.05, 0) is 19.4 Å². The van der Waals surface area contributed by atoms with Crippen molar-refractivity contribution < 1.29 is 14.3 Å². The van der Waals surface area contributed by atoms with Crippen LogP contribution in [0.2, 0.25) is 0 Å². The van der Waals surface area contributed by atoms with Crippen molar-refractivity contribution in [1.29, 1.82) is 0 Å². The summed E-state index contributed by atoms with van der Waals surface area (Å²) in [6.45, 7) is 3.66. The van der Waals surface area contributed by atoms with Gasteiger partial charge in [-0.25, -0.2) is 9.78 Å². The number of carbonyl (C=O) groups is 2. The molecule has 2 aromatic rings. The van der Waals surface area contributed by atoms with Gasteiger partial charge in [-0.2, -0.15) is 0 Å². The van der Waals surface area contributed by atoms with Gasteiger partial charge < -0.3 is 10.1 Å². The summed E-state index contributed by atoms with van der Waals surface area (Å²) < 4.78 is 5.07. The van der Waals surface area contributed by atoms with Crippen LogP contribution in [0, 0.1) is 6.92 Å². The Labute approximate surface area is 128 Å². The van der Waals surface area contributed by atoms with Crippen LogP contribution in [0.1, 0.15) is 28.7 Å². The highest BCUT2D eigenvalue weighted by Crippen LogP contribution is 2.02.